The third-order valence-electron chi connectivity index (χ3n) is 3.97. The summed E-state index contributed by atoms with van der Waals surface area (Å²) < 4.78 is 5.89. The highest BCUT2D eigenvalue weighted by molar-refractivity contribution is 5.93. The molecule has 2 aromatic rings. The van der Waals surface area contributed by atoms with Gasteiger partial charge in [-0.05, 0) is 30.5 Å². The second kappa shape index (κ2) is 7.19. The molecule has 0 saturated carbocycles. The number of carbonyl (C=O) groups is 1. The minimum absolute atomic E-state index is 0.0491. The van der Waals surface area contributed by atoms with E-state index in [4.69, 9.17) is 4.74 Å². The first-order chi connectivity index (χ1) is 11.2. The van der Waals surface area contributed by atoms with Gasteiger partial charge in [0.05, 0.1) is 18.3 Å². The molecule has 23 heavy (non-hydrogen) atoms. The van der Waals surface area contributed by atoms with E-state index in [9.17, 15) is 9.59 Å². The van der Waals surface area contributed by atoms with E-state index in [1.165, 1.54) is 12.3 Å². The minimum atomic E-state index is -0.205. The van der Waals surface area contributed by atoms with E-state index < -0.39 is 0 Å². The lowest BCUT2D eigenvalue weighted by molar-refractivity contribution is -0.000477. The second-order valence-electron chi connectivity index (χ2n) is 5.61. The molecule has 6 heteroatoms. The SMILES string of the molecule is O=C(c1ccc(=O)[nH]c1)N1CCC(OCc2cccnc2)CC1. The number of amides is 1. The molecule has 1 N–H and O–H groups in total. The molecule has 1 saturated heterocycles. The summed E-state index contributed by atoms with van der Waals surface area (Å²) in [6.07, 6.45) is 6.80. The maximum atomic E-state index is 12.4. The van der Waals surface area contributed by atoms with Crippen LogP contribution in [-0.2, 0) is 11.3 Å². The summed E-state index contributed by atoms with van der Waals surface area (Å²) in [6.45, 7) is 1.87. The Morgan fingerprint density at radius 3 is 2.78 bits per heavy atom. The van der Waals surface area contributed by atoms with Crippen molar-refractivity contribution >= 4 is 5.91 Å². The van der Waals surface area contributed by atoms with Crippen LogP contribution in [0, 0.1) is 0 Å². The Kier molecular flexibility index (Phi) is 4.83. The Bertz CT molecular complexity index is 686. The number of hydrogen-bond donors (Lipinski definition) is 1. The molecule has 0 unspecified atom stereocenters. The van der Waals surface area contributed by atoms with Crippen LogP contribution in [0.25, 0.3) is 0 Å². The molecule has 0 atom stereocenters. The highest BCUT2D eigenvalue weighted by atomic mass is 16.5. The van der Waals surface area contributed by atoms with Crippen molar-refractivity contribution in [3.8, 4) is 0 Å². The van der Waals surface area contributed by atoms with Crippen molar-refractivity contribution in [3.63, 3.8) is 0 Å². The van der Waals surface area contributed by atoms with Crippen LogP contribution in [0.4, 0.5) is 0 Å². The Morgan fingerprint density at radius 2 is 2.13 bits per heavy atom. The van der Waals surface area contributed by atoms with Gasteiger partial charge in [0.2, 0.25) is 5.56 Å². The first-order valence-corrected chi connectivity index (χ1v) is 7.71. The number of rotatable bonds is 4. The third kappa shape index (κ3) is 4.04. The van der Waals surface area contributed by atoms with Crippen molar-refractivity contribution in [2.75, 3.05) is 13.1 Å². The van der Waals surface area contributed by atoms with Gasteiger partial charge in [0.15, 0.2) is 0 Å². The second-order valence-corrected chi connectivity index (χ2v) is 5.61. The van der Waals surface area contributed by atoms with Gasteiger partial charge in [0, 0.05) is 37.7 Å². The Morgan fingerprint density at radius 1 is 1.30 bits per heavy atom. The number of piperidine rings is 1. The third-order valence-corrected chi connectivity index (χ3v) is 3.97. The standard InChI is InChI=1S/C17H19N3O3/c21-16-4-3-14(11-19-16)17(22)20-8-5-15(6-9-20)23-12-13-2-1-7-18-10-13/h1-4,7,10-11,15H,5-6,8-9,12H2,(H,19,21). The van der Waals surface area contributed by atoms with Gasteiger partial charge in [0.1, 0.15) is 0 Å². The van der Waals surface area contributed by atoms with Crippen molar-refractivity contribution in [2.24, 2.45) is 0 Å². The fourth-order valence-corrected chi connectivity index (χ4v) is 2.65. The van der Waals surface area contributed by atoms with E-state index in [1.807, 2.05) is 12.1 Å². The van der Waals surface area contributed by atoms with Crippen LogP contribution in [0.3, 0.4) is 0 Å². The Hall–Kier alpha value is -2.47. The number of aromatic amines is 1. The molecule has 0 spiro atoms. The lowest BCUT2D eigenvalue weighted by atomic mass is 10.1. The van der Waals surface area contributed by atoms with Gasteiger partial charge in [-0.1, -0.05) is 6.07 Å². The number of pyridine rings is 2. The van der Waals surface area contributed by atoms with E-state index in [1.54, 1.807) is 23.4 Å². The molecule has 0 aromatic carbocycles. The highest BCUT2D eigenvalue weighted by Crippen LogP contribution is 2.17. The number of H-pyrrole nitrogens is 1. The number of aromatic nitrogens is 2. The zero-order valence-corrected chi connectivity index (χ0v) is 12.8. The van der Waals surface area contributed by atoms with Crippen molar-refractivity contribution in [1.82, 2.24) is 14.9 Å². The van der Waals surface area contributed by atoms with E-state index in [0.29, 0.717) is 25.3 Å². The van der Waals surface area contributed by atoms with Gasteiger partial charge in [0.25, 0.3) is 5.91 Å². The molecule has 1 fully saturated rings. The summed E-state index contributed by atoms with van der Waals surface area (Å²) in [5.41, 5.74) is 1.36. The van der Waals surface area contributed by atoms with Gasteiger partial charge in [-0.3, -0.25) is 14.6 Å². The zero-order chi connectivity index (χ0) is 16.1. The van der Waals surface area contributed by atoms with Crippen LogP contribution >= 0.6 is 0 Å². The topological polar surface area (TPSA) is 75.3 Å². The highest BCUT2D eigenvalue weighted by Gasteiger charge is 2.24. The number of carbonyl (C=O) groups excluding carboxylic acids is 1. The lowest BCUT2D eigenvalue weighted by Crippen LogP contribution is -2.41. The van der Waals surface area contributed by atoms with Gasteiger partial charge < -0.3 is 14.6 Å². The maximum absolute atomic E-state index is 12.4. The molecular weight excluding hydrogens is 294 g/mol. The van der Waals surface area contributed by atoms with E-state index in [-0.39, 0.29) is 17.6 Å². The van der Waals surface area contributed by atoms with Crippen LogP contribution in [0.1, 0.15) is 28.8 Å². The van der Waals surface area contributed by atoms with Crippen LogP contribution in [-0.4, -0.2) is 40.0 Å². The molecule has 6 nitrogen and oxygen atoms in total. The molecule has 0 bridgehead atoms. The van der Waals surface area contributed by atoms with Crippen molar-refractivity contribution < 1.29 is 9.53 Å². The van der Waals surface area contributed by atoms with Gasteiger partial charge in [-0.25, -0.2) is 0 Å². The Labute approximate surface area is 134 Å². The van der Waals surface area contributed by atoms with Crippen LogP contribution in [0.2, 0.25) is 0 Å². The summed E-state index contributed by atoms with van der Waals surface area (Å²) in [7, 11) is 0. The Balaban J connectivity index is 1.49. The molecule has 120 valence electrons. The fraction of sp³-hybridized carbons (Fsp3) is 0.353. The maximum Gasteiger partial charge on any atom is 0.255 e. The fourth-order valence-electron chi connectivity index (χ4n) is 2.65. The zero-order valence-electron chi connectivity index (χ0n) is 12.8. The van der Waals surface area contributed by atoms with Crippen LogP contribution in [0.15, 0.2) is 47.7 Å². The predicted octanol–water partition coefficient (Wildman–Crippen LogP) is 1.59. The quantitative estimate of drug-likeness (QED) is 0.930. The average Bonchev–Trinajstić information content (AvgIpc) is 2.61. The summed E-state index contributed by atoms with van der Waals surface area (Å²) in [6, 6.07) is 6.81. The first kappa shape index (κ1) is 15.4. The van der Waals surface area contributed by atoms with Gasteiger partial charge >= 0.3 is 0 Å². The molecule has 1 aliphatic heterocycles. The molecule has 0 aliphatic carbocycles. The lowest BCUT2D eigenvalue weighted by Gasteiger charge is -2.32. The van der Waals surface area contributed by atoms with Crippen molar-refractivity contribution in [1.29, 1.82) is 0 Å². The number of ether oxygens (including phenoxy) is 1. The molecule has 0 radical (unpaired) electrons. The van der Waals surface area contributed by atoms with Crippen LogP contribution in [0.5, 0.6) is 0 Å². The summed E-state index contributed by atoms with van der Waals surface area (Å²) in [5, 5.41) is 0. The van der Waals surface area contributed by atoms with Crippen molar-refractivity contribution in [2.45, 2.75) is 25.6 Å². The first-order valence-electron chi connectivity index (χ1n) is 7.71. The number of hydrogen-bond acceptors (Lipinski definition) is 4. The molecule has 2 aromatic heterocycles. The monoisotopic (exact) mass is 313 g/mol. The number of likely N-dealkylation sites (tertiary alicyclic amines) is 1. The van der Waals surface area contributed by atoms with Gasteiger partial charge in [-0.2, -0.15) is 0 Å². The predicted molar refractivity (Wildman–Crippen MR) is 85.0 cm³/mol. The van der Waals surface area contributed by atoms with E-state index in [2.05, 4.69) is 9.97 Å². The molecule has 3 heterocycles. The van der Waals surface area contributed by atoms with Crippen LogP contribution < -0.4 is 5.56 Å². The van der Waals surface area contributed by atoms with Crippen molar-refractivity contribution in [3.05, 3.63) is 64.3 Å². The number of nitrogens with one attached hydrogen (secondary N) is 1. The molecule has 3 rings (SSSR count). The summed E-state index contributed by atoms with van der Waals surface area (Å²) >= 11 is 0. The van der Waals surface area contributed by atoms with E-state index in [0.717, 1.165) is 18.4 Å². The molecule has 1 amide bonds. The largest absolute Gasteiger partial charge is 0.373 e. The molecule has 1 aliphatic rings. The van der Waals surface area contributed by atoms with E-state index >= 15 is 0 Å². The normalized spacial score (nSPS) is 15.6. The average molecular weight is 313 g/mol. The summed E-state index contributed by atoms with van der Waals surface area (Å²) in [4.78, 5) is 31.8. The minimum Gasteiger partial charge on any atom is -0.373 e. The summed E-state index contributed by atoms with van der Waals surface area (Å²) in [5.74, 6) is -0.0491. The smallest absolute Gasteiger partial charge is 0.255 e. The van der Waals surface area contributed by atoms with Gasteiger partial charge in [-0.15, -0.1) is 0 Å². The molecular formula is C17H19N3O3. The number of nitrogens with zero attached hydrogens (tertiary/aromatic N) is 2.